The lowest BCUT2D eigenvalue weighted by molar-refractivity contribution is 0.102. The van der Waals surface area contributed by atoms with Gasteiger partial charge in [0, 0.05) is 36.2 Å². The second-order valence-corrected chi connectivity index (χ2v) is 13.1. The summed E-state index contributed by atoms with van der Waals surface area (Å²) in [4.78, 5) is 24.2. The third-order valence-electron chi connectivity index (χ3n) is 6.90. The minimum absolute atomic E-state index is 0.0392. The summed E-state index contributed by atoms with van der Waals surface area (Å²) in [6.07, 6.45) is 0.846. The highest BCUT2D eigenvalue weighted by Gasteiger charge is 2.39. The normalized spacial score (nSPS) is 17.6. The van der Waals surface area contributed by atoms with Crippen LogP contribution in [0.15, 0.2) is 53.6 Å². The second-order valence-electron chi connectivity index (χ2n) is 11.2. The molecule has 1 aromatic carbocycles. The number of aliphatic hydroxyl groups is 1. The number of nitrogen functional groups attached to an aromatic ring is 1. The zero-order valence-electron chi connectivity index (χ0n) is 23.1. The van der Waals surface area contributed by atoms with Crippen molar-refractivity contribution < 1.29 is 27.4 Å². The van der Waals surface area contributed by atoms with Crippen LogP contribution in [0.2, 0.25) is 0 Å². The van der Waals surface area contributed by atoms with Crippen LogP contribution in [-0.4, -0.2) is 60.3 Å². The number of benzene rings is 1. The molecule has 3 N–H and O–H groups in total. The first-order chi connectivity index (χ1) is 18.8. The van der Waals surface area contributed by atoms with Crippen molar-refractivity contribution in [3.63, 3.8) is 0 Å². The molecule has 1 saturated heterocycles. The first kappa shape index (κ1) is 29.4. The van der Waals surface area contributed by atoms with E-state index < -0.39 is 27.2 Å². The summed E-state index contributed by atoms with van der Waals surface area (Å²) in [5.41, 5.74) is 6.30. The molecule has 11 heteroatoms. The van der Waals surface area contributed by atoms with Gasteiger partial charge in [-0.25, -0.2) is 22.8 Å². The third-order valence-corrected chi connectivity index (χ3v) is 8.41. The Bertz CT molecular complexity index is 1510. The van der Waals surface area contributed by atoms with Gasteiger partial charge in [0.2, 0.25) is 9.84 Å². The van der Waals surface area contributed by atoms with E-state index in [2.05, 4.69) is 11.9 Å². The van der Waals surface area contributed by atoms with E-state index in [0.717, 1.165) is 6.42 Å². The van der Waals surface area contributed by atoms with E-state index in [9.17, 15) is 22.7 Å². The summed E-state index contributed by atoms with van der Waals surface area (Å²) in [5, 5.41) is 9.00. The van der Waals surface area contributed by atoms with Gasteiger partial charge in [0.25, 0.3) is 0 Å². The molecular formula is C29H35FN4O5S. The Morgan fingerprint density at radius 2 is 1.98 bits per heavy atom. The van der Waals surface area contributed by atoms with Crippen LogP contribution in [0, 0.1) is 17.7 Å². The Balaban J connectivity index is 1.75. The molecule has 1 unspecified atom stereocenters. The third kappa shape index (κ3) is 6.59. The quantitative estimate of drug-likeness (QED) is 0.345. The molecule has 9 nitrogen and oxygen atoms in total. The van der Waals surface area contributed by atoms with Crippen LogP contribution in [0.4, 0.5) is 16.0 Å². The number of sulfone groups is 1. The first-order valence-electron chi connectivity index (χ1n) is 13.1. The Hall–Kier alpha value is -3.57. The lowest BCUT2D eigenvalue weighted by Crippen LogP contribution is -2.40. The van der Waals surface area contributed by atoms with Crippen molar-refractivity contribution in [2.24, 2.45) is 11.8 Å². The number of Topliss-reactive ketones (excluding diaryl/α,β-unsaturated/α-hetero) is 1. The van der Waals surface area contributed by atoms with Crippen LogP contribution in [0.5, 0.6) is 5.75 Å². The number of rotatable bonds is 10. The summed E-state index contributed by atoms with van der Waals surface area (Å²) in [6.45, 7) is 8.77. The number of hydrogen-bond donors (Lipinski definition) is 2. The second kappa shape index (κ2) is 11.5. The number of aromatic nitrogens is 2. The maximum atomic E-state index is 14.6. The van der Waals surface area contributed by atoms with E-state index in [-0.39, 0.29) is 46.8 Å². The highest BCUT2D eigenvalue weighted by molar-refractivity contribution is 7.92. The fourth-order valence-electron chi connectivity index (χ4n) is 5.01. The van der Waals surface area contributed by atoms with Crippen molar-refractivity contribution in [2.45, 2.75) is 44.7 Å². The Labute approximate surface area is 234 Å². The number of aliphatic hydroxyl groups excluding tert-OH is 1. The van der Waals surface area contributed by atoms with Gasteiger partial charge in [-0.15, -0.1) is 0 Å². The fraction of sp³-hybridized carbons (Fsp3) is 0.414. The molecule has 2 aromatic heterocycles. The number of carbonyl (C=O) groups is 1. The number of nitrogens with two attached hydrogens (primary N) is 1. The summed E-state index contributed by atoms with van der Waals surface area (Å²) in [6, 6.07) is 11.6. The predicted octanol–water partition coefficient (Wildman–Crippen LogP) is 4.15. The van der Waals surface area contributed by atoms with E-state index in [1.54, 1.807) is 18.2 Å². The van der Waals surface area contributed by atoms with Gasteiger partial charge in [0.1, 0.15) is 29.0 Å². The van der Waals surface area contributed by atoms with Gasteiger partial charge in [-0.1, -0.05) is 19.9 Å². The number of hydrogen-bond acceptors (Lipinski definition) is 9. The maximum absolute atomic E-state index is 14.6. The van der Waals surface area contributed by atoms with Gasteiger partial charge >= 0.3 is 0 Å². The average Bonchev–Trinajstić information content (AvgIpc) is 3.17. The van der Waals surface area contributed by atoms with Crippen molar-refractivity contribution in [1.82, 2.24) is 9.97 Å². The molecule has 0 spiro atoms. The molecule has 1 fully saturated rings. The molecule has 0 aliphatic carbocycles. The molecule has 3 aromatic rings. The zero-order valence-corrected chi connectivity index (χ0v) is 23.9. The van der Waals surface area contributed by atoms with Crippen LogP contribution in [-0.2, 0) is 9.84 Å². The summed E-state index contributed by atoms with van der Waals surface area (Å²) in [5.74, 6) is -1.10. The number of ketones is 1. The molecule has 1 aliphatic rings. The molecule has 214 valence electrons. The number of carbonyl (C=O) groups excluding carboxylic acids is 1. The predicted molar refractivity (Wildman–Crippen MR) is 152 cm³/mol. The smallest absolute Gasteiger partial charge is 0.203 e. The first-order valence-corrected chi connectivity index (χ1v) is 14.8. The van der Waals surface area contributed by atoms with Crippen LogP contribution < -0.4 is 15.4 Å². The Morgan fingerprint density at radius 3 is 2.62 bits per heavy atom. The Kier molecular flexibility index (Phi) is 8.46. The van der Waals surface area contributed by atoms with Gasteiger partial charge in [-0.2, -0.15) is 0 Å². The van der Waals surface area contributed by atoms with Gasteiger partial charge < -0.3 is 20.5 Å². The topological polar surface area (TPSA) is 136 Å². The molecule has 2 atom stereocenters. The molecule has 0 bridgehead atoms. The van der Waals surface area contributed by atoms with Crippen molar-refractivity contribution in [2.75, 3.05) is 36.1 Å². The largest absolute Gasteiger partial charge is 0.493 e. The van der Waals surface area contributed by atoms with Gasteiger partial charge in [-0.05, 0) is 62.6 Å². The number of anilines is 2. The van der Waals surface area contributed by atoms with Gasteiger partial charge in [-0.3, -0.25) is 4.79 Å². The number of ether oxygens (including phenoxy) is 1. The Morgan fingerprint density at radius 1 is 1.23 bits per heavy atom. The van der Waals surface area contributed by atoms with Crippen LogP contribution in [0.25, 0.3) is 11.3 Å². The standard InChI is InChI=1S/C29H35FN4O5S/c1-18-13-29(3,4)34(14-18)28-23(25(36)17-40(37,38)27-7-5-6-26(31)33-27)8-9-24(32-28)20-10-21(30)12-22(11-20)39-16-19(2)15-35/h5-12,18-19,35H,13-17H2,1-4H3,(H2,31,33)/t18-,19?/m0/s1. The van der Waals surface area contributed by atoms with E-state index in [0.29, 0.717) is 29.5 Å². The van der Waals surface area contributed by atoms with E-state index in [1.807, 2.05) is 25.7 Å². The molecule has 4 rings (SSSR count). The summed E-state index contributed by atoms with van der Waals surface area (Å²) < 4.78 is 46.3. The van der Waals surface area contributed by atoms with E-state index in [1.165, 1.54) is 30.3 Å². The van der Waals surface area contributed by atoms with E-state index >= 15 is 0 Å². The maximum Gasteiger partial charge on any atom is 0.203 e. The van der Waals surface area contributed by atoms with E-state index in [4.69, 9.17) is 15.5 Å². The van der Waals surface area contributed by atoms with Crippen molar-refractivity contribution >= 4 is 27.3 Å². The molecule has 1 aliphatic heterocycles. The highest BCUT2D eigenvalue weighted by atomic mass is 32.2. The molecule has 3 heterocycles. The lowest BCUT2D eigenvalue weighted by Gasteiger charge is -2.34. The summed E-state index contributed by atoms with van der Waals surface area (Å²) in [7, 11) is -4.07. The van der Waals surface area contributed by atoms with Gasteiger partial charge in [0.15, 0.2) is 10.8 Å². The SMILES string of the molecule is CC(CO)COc1cc(F)cc(-c2ccc(C(=O)CS(=O)(=O)c3cccc(N)n3)c(N3C[C@@H](C)CC3(C)C)n2)c1. The van der Waals surface area contributed by atoms with Crippen LogP contribution >= 0.6 is 0 Å². The number of pyridine rings is 2. The van der Waals surface area contributed by atoms with Crippen molar-refractivity contribution in [3.8, 4) is 17.0 Å². The number of nitrogens with zero attached hydrogens (tertiary/aromatic N) is 3. The summed E-state index contributed by atoms with van der Waals surface area (Å²) >= 11 is 0. The van der Waals surface area contributed by atoms with Crippen molar-refractivity contribution in [3.05, 3.63) is 59.9 Å². The molecule has 0 radical (unpaired) electrons. The van der Waals surface area contributed by atoms with Crippen LogP contribution in [0.3, 0.4) is 0 Å². The highest BCUT2D eigenvalue weighted by Crippen LogP contribution is 2.39. The fourth-order valence-corrected chi connectivity index (χ4v) is 6.18. The molecular weight excluding hydrogens is 535 g/mol. The number of halogens is 1. The van der Waals surface area contributed by atoms with Gasteiger partial charge in [0.05, 0.1) is 17.9 Å². The molecule has 0 amide bonds. The lowest BCUT2D eigenvalue weighted by atomic mass is 9.97. The molecule has 40 heavy (non-hydrogen) atoms. The average molecular weight is 571 g/mol. The zero-order chi connectivity index (χ0) is 29.2. The minimum Gasteiger partial charge on any atom is -0.493 e. The van der Waals surface area contributed by atoms with Crippen molar-refractivity contribution in [1.29, 1.82) is 0 Å². The molecule has 0 saturated carbocycles. The minimum atomic E-state index is -4.07. The monoisotopic (exact) mass is 570 g/mol. The van der Waals surface area contributed by atoms with Crippen LogP contribution in [0.1, 0.15) is 44.5 Å².